The van der Waals surface area contributed by atoms with Crippen LogP contribution >= 0.6 is 0 Å². The summed E-state index contributed by atoms with van der Waals surface area (Å²) in [7, 11) is 0. The van der Waals surface area contributed by atoms with Gasteiger partial charge in [0.05, 0.1) is 5.92 Å². The zero-order chi connectivity index (χ0) is 29.1. The molecule has 3 atom stereocenters. The third-order valence-electron chi connectivity index (χ3n) is 8.71. The summed E-state index contributed by atoms with van der Waals surface area (Å²) in [4.78, 5) is 40.9. The van der Waals surface area contributed by atoms with Gasteiger partial charge in [-0.3, -0.25) is 14.5 Å². The lowest BCUT2D eigenvalue weighted by molar-refractivity contribution is -0.142. The molecule has 1 unspecified atom stereocenters. The lowest BCUT2D eigenvalue weighted by Gasteiger charge is -2.32. The molecule has 216 valence electrons. The molecular formula is C34H35N3O5. The van der Waals surface area contributed by atoms with E-state index in [1.54, 1.807) is 6.08 Å². The van der Waals surface area contributed by atoms with Crippen LogP contribution in [0, 0.1) is 5.92 Å². The second-order valence-corrected chi connectivity index (χ2v) is 11.5. The lowest BCUT2D eigenvalue weighted by atomic mass is 9.90. The van der Waals surface area contributed by atoms with Gasteiger partial charge in [0.25, 0.3) is 0 Å². The van der Waals surface area contributed by atoms with E-state index in [9.17, 15) is 19.5 Å². The molecule has 3 aliphatic rings. The van der Waals surface area contributed by atoms with Crippen molar-refractivity contribution in [3.63, 3.8) is 0 Å². The van der Waals surface area contributed by atoms with E-state index in [0.29, 0.717) is 38.9 Å². The first-order chi connectivity index (χ1) is 20.4. The number of fused-ring (bicyclic) bond motifs is 3. The van der Waals surface area contributed by atoms with Gasteiger partial charge in [-0.15, -0.1) is 0 Å². The van der Waals surface area contributed by atoms with E-state index in [2.05, 4.69) is 39.8 Å². The van der Waals surface area contributed by atoms with Gasteiger partial charge >= 0.3 is 12.1 Å². The molecule has 8 nitrogen and oxygen atoms in total. The molecule has 1 fully saturated rings. The highest BCUT2D eigenvalue weighted by atomic mass is 16.5. The predicted octanol–water partition coefficient (Wildman–Crippen LogP) is 4.71. The Labute approximate surface area is 245 Å². The largest absolute Gasteiger partial charge is 0.481 e. The molecule has 3 aromatic rings. The molecule has 1 heterocycles. The van der Waals surface area contributed by atoms with Crippen molar-refractivity contribution in [1.82, 2.24) is 15.5 Å². The topological polar surface area (TPSA) is 108 Å². The minimum absolute atomic E-state index is 0.0913. The third kappa shape index (κ3) is 5.67. The molecule has 6 rings (SSSR count). The zero-order valence-corrected chi connectivity index (χ0v) is 23.4. The van der Waals surface area contributed by atoms with Gasteiger partial charge in [0, 0.05) is 31.6 Å². The van der Waals surface area contributed by atoms with Crippen LogP contribution in [0.15, 0.2) is 91.0 Å². The molecule has 0 bridgehead atoms. The minimum atomic E-state index is -1.21. The third-order valence-corrected chi connectivity index (χ3v) is 8.71. The van der Waals surface area contributed by atoms with Crippen LogP contribution in [0.3, 0.4) is 0 Å². The van der Waals surface area contributed by atoms with E-state index in [-0.39, 0.29) is 18.4 Å². The fourth-order valence-electron chi connectivity index (χ4n) is 6.54. The number of carbonyl (C=O) groups is 3. The first-order valence-electron chi connectivity index (χ1n) is 14.5. The normalized spacial score (nSPS) is 23.1. The van der Waals surface area contributed by atoms with E-state index in [1.807, 2.05) is 60.7 Å². The standard InChI is InChI=1S/C34H35N3O5/c38-31(39)24-11-8-12-25(19-24)35-32(40)34(17-18-37(22-34)20-23-9-2-1-3-10-23)36-33(41)42-21-30-28-15-6-4-13-26(28)27-14-5-7-16-29(27)30/h1-10,12-16,24-25,30H,11,17-22H2,(H,35,40)(H,36,41)(H,38,39)/t24-,25-,34?/m1/s1. The smallest absolute Gasteiger partial charge is 0.408 e. The molecule has 1 aliphatic heterocycles. The monoisotopic (exact) mass is 565 g/mol. The SMILES string of the molecule is O=C(NC1(C(=O)N[C@@H]2C=CC[C@@H](C(=O)O)C2)CCN(Cc2ccccc2)C1)OCC1c2ccccc2-c2ccccc21. The maximum absolute atomic E-state index is 13.8. The van der Waals surface area contributed by atoms with E-state index in [1.165, 1.54) is 0 Å². The summed E-state index contributed by atoms with van der Waals surface area (Å²) in [5, 5.41) is 15.5. The maximum Gasteiger partial charge on any atom is 0.408 e. The number of hydrogen-bond donors (Lipinski definition) is 3. The van der Waals surface area contributed by atoms with Crippen molar-refractivity contribution in [2.24, 2.45) is 5.92 Å². The highest BCUT2D eigenvalue weighted by Crippen LogP contribution is 2.44. The number of aliphatic carboxylic acids is 1. The summed E-state index contributed by atoms with van der Waals surface area (Å²) in [5.41, 5.74) is 4.43. The predicted molar refractivity (Wildman–Crippen MR) is 159 cm³/mol. The summed E-state index contributed by atoms with van der Waals surface area (Å²) < 4.78 is 5.83. The van der Waals surface area contributed by atoms with Crippen LogP contribution in [0.4, 0.5) is 4.79 Å². The van der Waals surface area contributed by atoms with Crippen molar-refractivity contribution in [2.45, 2.75) is 43.3 Å². The maximum atomic E-state index is 13.8. The van der Waals surface area contributed by atoms with Gasteiger partial charge in [-0.2, -0.15) is 0 Å². The van der Waals surface area contributed by atoms with Gasteiger partial charge in [-0.05, 0) is 47.1 Å². The van der Waals surface area contributed by atoms with Crippen LogP contribution in [0.5, 0.6) is 0 Å². The highest BCUT2D eigenvalue weighted by Gasteiger charge is 2.47. The van der Waals surface area contributed by atoms with Crippen LogP contribution in [0.25, 0.3) is 11.1 Å². The fraction of sp³-hybridized carbons (Fsp3) is 0.324. The van der Waals surface area contributed by atoms with Gasteiger partial charge in [0.2, 0.25) is 5.91 Å². The van der Waals surface area contributed by atoms with Crippen molar-refractivity contribution in [2.75, 3.05) is 19.7 Å². The number of nitrogens with one attached hydrogen (secondary N) is 2. The molecule has 42 heavy (non-hydrogen) atoms. The molecule has 0 radical (unpaired) electrons. The number of nitrogens with zero attached hydrogens (tertiary/aromatic N) is 1. The van der Waals surface area contributed by atoms with Crippen LogP contribution in [0.2, 0.25) is 0 Å². The van der Waals surface area contributed by atoms with Gasteiger partial charge in [0.15, 0.2) is 0 Å². The summed E-state index contributed by atoms with van der Waals surface area (Å²) in [6.45, 7) is 1.73. The first-order valence-corrected chi connectivity index (χ1v) is 14.5. The Morgan fingerprint density at radius 1 is 0.929 bits per heavy atom. The Hall–Kier alpha value is -4.43. The Morgan fingerprint density at radius 3 is 2.29 bits per heavy atom. The molecule has 0 aromatic heterocycles. The van der Waals surface area contributed by atoms with E-state index < -0.39 is 29.6 Å². The lowest BCUT2D eigenvalue weighted by Crippen LogP contribution is -2.62. The number of carboxylic acid groups (broad SMARTS) is 1. The van der Waals surface area contributed by atoms with Crippen molar-refractivity contribution in [3.05, 3.63) is 108 Å². The number of hydrogen-bond acceptors (Lipinski definition) is 5. The second-order valence-electron chi connectivity index (χ2n) is 11.5. The summed E-state index contributed by atoms with van der Waals surface area (Å²) >= 11 is 0. The summed E-state index contributed by atoms with van der Waals surface area (Å²) in [5.74, 6) is -1.84. The number of allylic oxidation sites excluding steroid dienone is 1. The molecule has 8 heteroatoms. The number of rotatable bonds is 8. The molecule has 3 aromatic carbocycles. The van der Waals surface area contributed by atoms with E-state index >= 15 is 0 Å². The van der Waals surface area contributed by atoms with E-state index in [4.69, 9.17) is 4.74 Å². The van der Waals surface area contributed by atoms with E-state index in [0.717, 1.165) is 27.8 Å². The van der Waals surface area contributed by atoms with Gasteiger partial charge in [0.1, 0.15) is 12.1 Å². The van der Waals surface area contributed by atoms with Crippen molar-refractivity contribution >= 4 is 18.0 Å². The van der Waals surface area contributed by atoms with Gasteiger partial charge < -0.3 is 20.5 Å². The fourth-order valence-corrected chi connectivity index (χ4v) is 6.54. The molecule has 2 amide bonds. The van der Waals surface area contributed by atoms with Crippen LogP contribution in [-0.4, -0.2) is 59.3 Å². The van der Waals surface area contributed by atoms with Crippen molar-refractivity contribution < 1.29 is 24.2 Å². The Kier molecular flexibility index (Phi) is 7.80. The number of carbonyl (C=O) groups excluding carboxylic acids is 2. The molecule has 1 saturated heterocycles. The number of carboxylic acids is 1. The Balaban J connectivity index is 1.17. The first kappa shape index (κ1) is 27.7. The van der Waals surface area contributed by atoms with Gasteiger partial charge in [-0.1, -0.05) is 91.0 Å². The van der Waals surface area contributed by atoms with Crippen LogP contribution in [0.1, 0.15) is 41.9 Å². The number of benzene rings is 3. The highest BCUT2D eigenvalue weighted by molar-refractivity contribution is 5.91. The summed E-state index contributed by atoms with van der Waals surface area (Å²) in [6, 6.07) is 25.9. The number of alkyl carbamates (subject to hydrolysis) is 1. The van der Waals surface area contributed by atoms with Crippen LogP contribution < -0.4 is 10.6 Å². The Bertz CT molecular complexity index is 1460. The second kappa shape index (κ2) is 11.8. The molecule has 0 saturated carbocycles. The quantitative estimate of drug-likeness (QED) is 0.342. The number of likely N-dealkylation sites (tertiary alicyclic amines) is 1. The average Bonchev–Trinajstić information content (AvgIpc) is 3.56. The molecule has 2 aliphatic carbocycles. The van der Waals surface area contributed by atoms with Gasteiger partial charge in [-0.25, -0.2) is 4.79 Å². The number of ether oxygens (including phenoxy) is 1. The molecule has 0 spiro atoms. The minimum Gasteiger partial charge on any atom is -0.481 e. The Morgan fingerprint density at radius 2 is 1.60 bits per heavy atom. The average molecular weight is 566 g/mol. The molecule has 3 N–H and O–H groups in total. The van der Waals surface area contributed by atoms with Crippen molar-refractivity contribution in [1.29, 1.82) is 0 Å². The summed E-state index contributed by atoms with van der Waals surface area (Å²) in [6.07, 6.45) is 4.16. The van der Waals surface area contributed by atoms with Crippen molar-refractivity contribution in [3.8, 4) is 11.1 Å². The zero-order valence-electron chi connectivity index (χ0n) is 23.4. The van der Waals surface area contributed by atoms with Crippen LogP contribution in [-0.2, 0) is 20.9 Å². The molecular weight excluding hydrogens is 530 g/mol. The number of amides is 2.